The number of halogens is 1. The van der Waals surface area contributed by atoms with Crippen molar-refractivity contribution in [3.8, 4) is 11.3 Å². The molecule has 0 atom stereocenters. The Hall–Kier alpha value is -2.46. The topological polar surface area (TPSA) is 43.8 Å². The van der Waals surface area contributed by atoms with Gasteiger partial charge in [0.1, 0.15) is 5.82 Å². The van der Waals surface area contributed by atoms with Gasteiger partial charge in [0.05, 0.1) is 17.9 Å². The Balaban J connectivity index is 1.98. The van der Waals surface area contributed by atoms with Crippen LogP contribution in [0.2, 0.25) is 0 Å². The first-order valence-electron chi connectivity index (χ1n) is 7.33. The predicted octanol–water partition coefficient (Wildman–Crippen LogP) is 3.24. The number of benzene rings is 2. The van der Waals surface area contributed by atoms with Crippen molar-refractivity contribution in [3.05, 3.63) is 77.7 Å². The quantitative estimate of drug-likeness (QED) is 0.785. The number of nitrogens with two attached hydrogens (primary N) is 1. The van der Waals surface area contributed by atoms with Crippen LogP contribution in [-0.4, -0.2) is 16.3 Å². The zero-order valence-electron chi connectivity index (χ0n) is 12.2. The predicted molar refractivity (Wildman–Crippen MR) is 85.9 cm³/mol. The minimum absolute atomic E-state index is 0.236. The SMILES string of the molecule is NCCc1cc(-c2ccc(F)cc2)n(Cc2ccccc2)n1. The zero-order valence-corrected chi connectivity index (χ0v) is 12.2. The van der Waals surface area contributed by atoms with Crippen LogP contribution in [0, 0.1) is 5.82 Å². The van der Waals surface area contributed by atoms with Gasteiger partial charge < -0.3 is 5.73 Å². The molecule has 0 spiro atoms. The molecule has 0 bridgehead atoms. The van der Waals surface area contributed by atoms with Crippen molar-refractivity contribution in [1.82, 2.24) is 9.78 Å². The van der Waals surface area contributed by atoms with Gasteiger partial charge in [-0.1, -0.05) is 30.3 Å². The highest BCUT2D eigenvalue weighted by molar-refractivity contribution is 5.60. The second-order valence-corrected chi connectivity index (χ2v) is 5.21. The summed E-state index contributed by atoms with van der Waals surface area (Å²) in [6.45, 7) is 1.24. The van der Waals surface area contributed by atoms with E-state index in [1.54, 1.807) is 12.1 Å². The summed E-state index contributed by atoms with van der Waals surface area (Å²) in [6, 6.07) is 18.7. The van der Waals surface area contributed by atoms with Gasteiger partial charge in [-0.25, -0.2) is 4.39 Å². The van der Waals surface area contributed by atoms with Crippen LogP contribution in [0.4, 0.5) is 4.39 Å². The lowest BCUT2D eigenvalue weighted by Crippen LogP contribution is -2.06. The molecule has 2 N–H and O–H groups in total. The van der Waals surface area contributed by atoms with Gasteiger partial charge in [0.25, 0.3) is 0 Å². The van der Waals surface area contributed by atoms with Crippen LogP contribution in [0.3, 0.4) is 0 Å². The number of hydrogen-bond donors (Lipinski definition) is 1. The fraction of sp³-hybridized carbons (Fsp3) is 0.167. The number of nitrogens with zero attached hydrogens (tertiary/aromatic N) is 2. The third-order valence-electron chi connectivity index (χ3n) is 3.55. The molecule has 4 heteroatoms. The van der Waals surface area contributed by atoms with Crippen molar-refractivity contribution < 1.29 is 4.39 Å². The van der Waals surface area contributed by atoms with Crippen molar-refractivity contribution in [2.45, 2.75) is 13.0 Å². The minimum Gasteiger partial charge on any atom is -0.330 e. The Labute approximate surface area is 129 Å². The molecule has 0 aliphatic rings. The largest absolute Gasteiger partial charge is 0.330 e. The summed E-state index contributed by atoms with van der Waals surface area (Å²) in [5.41, 5.74) is 9.69. The van der Waals surface area contributed by atoms with E-state index >= 15 is 0 Å². The van der Waals surface area contributed by atoms with Crippen LogP contribution in [0.15, 0.2) is 60.7 Å². The molecule has 0 aliphatic carbocycles. The second kappa shape index (κ2) is 6.54. The summed E-state index contributed by atoms with van der Waals surface area (Å²) in [5.74, 6) is -0.236. The molecular formula is C18H18FN3. The van der Waals surface area contributed by atoms with Crippen molar-refractivity contribution in [2.24, 2.45) is 5.73 Å². The van der Waals surface area contributed by atoms with E-state index in [-0.39, 0.29) is 5.82 Å². The normalized spacial score (nSPS) is 10.8. The molecule has 1 aromatic heterocycles. The third-order valence-corrected chi connectivity index (χ3v) is 3.55. The van der Waals surface area contributed by atoms with E-state index in [1.807, 2.05) is 28.9 Å². The molecule has 0 aliphatic heterocycles. The standard InChI is InChI=1S/C18H18FN3/c19-16-8-6-15(7-9-16)18-12-17(10-11-20)21-22(18)13-14-4-2-1-3-5-14/h1-9,12H,10-11,13,20H2. The molecule has 0 amide bonds. The van der Waals surface area contributed by atoms with Gasteiger partial charge in [0, 0.05) is 12.0 Å². The highest BCUT2D eigenvalue weighted by Gasteiger charge is 2.10. The van der Waals surface area contributed by atoms with Crippen LogP contribution >= 0.6 is 0 Å². The first-order chi connectivity index (χ1) is 10.8. The van der Waals surface area contributed by atoms with Gasteiger partial charge in [-0.15, -0.1) is 0 Å². The van der Waals surface area contributed by atoms with E-state index in [2.05, 4.69) is 17.2 Å². The Morgan fingerprint density at radius 3 is 2.41 bits per heavy atom. The minimum atomic E-state index is -0.236. The van der Waals surface area contributed by atoms with Gasteiger partial charge in [0.2, 0.25) is 0 Å². The maximum absolute atomic E-state index is 13.1. The summed E-state index contributed by atoms with van der Waals surface area (Å²) in [5, 5.41) is 4.64. The maximum atomic E-state index is 13.1. The number of hydrogen-bond acceptors (Lipinski definition) is 2. The Morgan fingerprint density at radius 2 is 1.73 bits per heavy atom. The Bertz CT molecular complexity index is 733. The second-order valence-electron chi connectivity index (χ2n) is 5.21. The molecule has 0 unspecified atom stereocenters. The van der Waals surface area contributed by atoms with E-state index in [9.17, 15) is 4.39 Å². The van der Waals surface area contributed by atoms with Crippen LogP contribution < -0.4 is 5.73 Å². The maximum Gasteiger partial charge on any atom is 0.123 e. The van der Waals surface area contributed by atoms with Crippen LogP contribution in [0.5, 0.6) is 0 Å². The van der Waals surface area contributed by atoms with Crippen molar-refractivity contribution in [2.75, 3.05) is 6.54 Å². The molecule has 3 rings (SSSR count). The lowest BCUT2D eigenvalue weighted by Gasteiger charge is -2.08. The van der Waals surface area contributed by atoms with E-state index in [1.165, 1.54) is 17.7 Å². The monoisotopic (exact) mass is 295 g/mol. The van der Waals surface area contributed by atoms with Crippen molar-refractivity contribution in [3.63, 3.8) is 0 Å². The highest BCUT2D eigenvalue weighted by atomic mass is 19.1. The molecular weight excluding hydrogens is 277 g/mol. The average molecular weight is 295 g/mol. The van der Waals surface area contributed by atoms with Crippen LogP contribution in [0.25, 0.3) is 11.3 Å². The molecule has 3 nitrogen and oxygen atoms in total. The van der Waals surface area contributed by atoms with Gasteiger partial charge in [-0.05, 0) is 42.4 Å². The number of rotatable bonds is 5. The van der Waals surface area contributed by atoms with E-state index in [0.29, 0.717) is 13.1 Å². The first kappa shape index (κ1) is 14.5. The van der Waals surface area contributed by atoms with Gasteiger partial charge in [-0.2, -0.15) is 5.10 Å². The van der Waals surface area contributed by atoms with E-state index in [0.717, 1.165) is 23.4 Å². The summed E-state index contributed by atoms with van der Waals surface area (Å²) >= 11 is 0. The van der Waals surface area contributed by atoms with E-state index < -0.39 is 0 Å². The Kier molecular flexibility index (Phi) is 4.30. The summed E-state index contributed by atoms with van der Waals surface area (Å²) in [4.78, 5) is 0. The number of aromatic nitrogens is 2. The summed E-state index contributed by atoms with van der Waals surface area (Å²) in [6.07, 6.45) is 0.732. The fourth-order valence-corrected chi connectivity index (χ4v) is 2.47. The molecule has 112 valence electrons. The zero-order chi connectivity index (χ0) is 15.4. The molecule has 0 radical (unpaired) electrons. The molecule has 1 heterocycles. The van der Waals surface area contributed by atoms with E-state index in [4.69, 9.17) is 5.73 Å². The summed E-state index contributed by atoms with van der Waals surface area (Å²) in [7, 11) is 0. The lowest BCUT2D eigenvalue weighted by molar-refractivity contribution is 0.627. The average Bonchev–Trinajstić information content (AvgIpc) is 2.92. The van der Waals surface area contributed by atoms with Crippen molar-refractivity contribution in [1.29, 1.82) is 0 Å². The van der Waals surface area contributed by atoms with Gasteiger partial charge in [-0.3, -0.25) is 4.68 Å². The smallest absolute Gasteiger partial charge is 0.123 e. The van der Waals surface area contributed by atoms with Crippen LogP contribution in [0.1, 0.15) is 11.3 Å². The highest BCUT2D eigenvalue weighted by Crippen LogP contribution is 2.22. The molecule has 0 saturated carbocycles. The summed E-state index contributed by atoms with van der Waals surface area (Å²) < 4.78 is 15.1. The first-order valence-corrected chi connectivity index (χ1v) is 7.33. The fourth-order valence-electron chi connectivity index (χ4n) is 2.47. The molecule has 3 aromatic rings. The molecule has 22 heavy (non-hydrogen) atoms. The Morgan fingerprint density at radius 1 is 1.00 bits per heavy atom. The van der Waals surface area contributed by atoms with Crippen LogP contribution in [-0.2, 0) is 13.0 Å². The molecule has 0 saturated heterocycles. The lowest BCUT2D eigenvalue weighted by atomic mass is 10.1. The molecule has 2 aromatic carbocycles. The third kappa shape index (κ3) is 3.23. The molecule has 0 fully saturated rings. The van der Waals surface area contributed by atoms with Crippen molar-refractivity contribution >= 4 is 0 Å². The van der Waals surface area contributed by atoms with Gasteiger partial charge >= 0.3 is 0 Å². The van der Waals surface area contributed by atoms with Gasteiger partial charge in [0.15, 0.2) is 0 Å².